The van der Waals surface area contributed by atoms with Gasteiger partial charge < -0.3 is 15.2 Å². The fraction of sp³-hybridized carbons (Fsp3) is 0.650. The molecule has 0 spiro atoms. The maximum Gasteiger partial charge on any atom is 0.237 e. The maximum absolute atomic E-state index is 12.4. The van der Waals surface area contributed by atoms with Gasteiger partial charge in [-0.3, -0.25) is 9.69 Å². The highest BCUT2D eigenvalue weighted by Gasteiger charge is 2.23. The van der Waals surface area contributed by atoms with Gasteiger partial charge in [0.05, 0.1) is 25.4 Å². The molecule has 5 heteroatoms. The second-order valence-electron chi connectivity index (χ2n) is 7.11. The summed E-state index contributed by atoms with van der Waals surface area (Å²) in [5.74, 6) is 0.0480. The highest BCUT2D eigenvalue weighted by molar-refractivity contribution is 5.81. The van der Waals surface area contributed by atoms with Crippen molar-refractivity contribution < 1.29 is 14.6 Å². The zero-order valence-electron chi connectivity index (χ0n) is 15.5. The first kappa shape index (κ1) is 19.9. The molecule has 2 N–H and O–H groups in total. The summed E-state index contributed by atoms with van der Waals surface area (Å²) >= 11 is 0. The van der Waals surface area contributed by atoms with Crippen molar-refractivity contribution in [1.29, 1.82) is 0 Å². The summed E-state index contributed by atoms with van der Waals surface area (Å²) in [6.07, 6.45) is 5.23. The number of hydrogen-bond donors (Lipinski definition) is 2. The van der Waals surface area contributed by atoms with Crippen LogP contribution in [0.1, 0.15) is 44.6 Å². The number of nitrogens with zero attached hydrogens (tertiary/aromatic N) is 1. The van der Waals surface area contributed by atoms with Gasteiger partial charge in [0.1, 0.15) is 0 Å². The van der Waals surface area contributed by atoms with Gasteiger partial charge in [-0.15, -0.1) is 0 Å². The summed E-state index contributed by atoms with van der Waals surface area (Å²) in [5.41, 5.74) is 1.09. The molecule has 2 atom stereocenters. The largest absolute Gasteiger partial charge is 0.389 e. The highest BCUT2D eigenvalue weighted by atomic mass is 16.5. The van der Waals surface area contributed by atoms with E-state index in [1.165, 1.54) is 19.3 Å². The lowest BCUT2D eigenvalue weighted by molar-refractivity contribution is -0.127. The fourth-order valence-corrected chi connectivity index (χ4v) is 3.20. The summed E-state index contributed by atoms with van der Waals surface area (Å²) in [7, 11) is 1.87. The lowest BCUT2D eigenvalue weighted by Gasteiger charge is -2.29. The maximum atomic E-state index is 12.4. The van der Waals surface area contributed by atoms with Gasteiger partial charge in [0.15, 0.2) is 0 Å². The quantitative estimate of drug-likeness (QED) is 0.719. The van der Waals surface area contributed by atoms with E-state index in [0.29, 0.717) is 19.2 Å². The van der Waals surface area contributed by atoms with Crippen molar-refractivity contribution in [1.82, 2.24) is 10.2 Å². The van der Waals surface area contributed by atoms with Gasteiger partial charge in [-0.05, 0) is 32.4 Å². The molecule has 0 heterocycles. The Balaban J connectivity index is 1.66. The monoisotopic (exact) mass is 348 g/mol. The van der Waals surface area contributed by atoms with E-state index in [9.17, 15) is 9.90 Å². The molecule has 25 heavy (non-hydrogen) atoms. The lowest BCUT2D eigenvalue weighted by Crippen LogP contribution is -2.49. The number of amides is 1. The molecule has 1 fully saturated rings. The number of likely N-dealkylation sites (N-methyl/N-ethyl adjacent to an activating group) is 1. The van der Waals surface area contributed by atoms with E-state index in [2.05, 4.69) is 5.32 Å². The van der Waals surface area contributed by atoms with Crippen LogP contribution in [0.5, 0.6) is 0 Å². The number of rotatable bonds is 9. The zero-order valence-corrected chi connectivity index (χ0v) is 15.5. The molecule has 0 bridgehead atoms. The van der Waals surface area contributed by atoms with E-state index < -0.39 is 6.10 Å². The molecule has 1 aromatic carbocycles. The van der Waals surface area contributed by atoms with Gasteiger partial charge >= 0.3 is 0 Å². The molecule has 1 saturated carbocycles. The van der Waals surface area contributed by atoms with Crippen LogP contribution >= 0.6 is 0 Å². The summed E-state index contributed by atoms with van der Waals surface area (Å²) in [6, 6.07) is 9.95. The van der Waals surface area contributed by atoms with Crippen LogP contribution in [0.25, 0.3) is 0 Å². The fourth-order valence-electron chi connectivity index (χ4n) is 3.20. The van der Waals surface area contributed by atoms with Crippen LogP contribution in [-0.4, -0.2) is 54.3 Å². The van der Waals surface area contributed by atoms with Crippen LogP contribution < -0.4 is 5.32 Å². The minimum Gasteiger partial charge on any atom is -0.389 e. The number of carbonyl (C=O) groups is 1. The summed E-state index contributed by atoms with van der Waals surface area (Å²) in [6.45, 7) is 3.04. The van der Waals surface area contributed by atoms with Crippen LogP contribution in [0, 0.1) is 0 Å². The molecule has 0 radical (unpaired) electrons. The van der Waals surface area contributed by atoms with Crippen molar-refractivity contribution in [3.63, 3.8) is 0 Å². The Hall–Kier alpha value is -1.43. The average molecular weight is 348 g/mol. The Kier molecular flexibility index (Phi) is 8.38. The SMILES string of the molecule is C[C@@H](C(=O)NC1CCCCC1)N(C)C[C@H](O)COCc1ccccc1. The number of ether oxygens (including phenoxy) is 1. The van der Waals surface area contributed by atoms with Gasteiger partial charge in [-0.25, -0.2) is 0 Å². The predicted molar refractivity (Wildman–Crippen MR) is 99.2 cm³/mol. The Morgan fingerprint density at radius 3 is 2.64 bits per heavy atom. The Morgan fingerprint density at radius 2 is 1.96 bits per heavy atom. The summed E-state index contributed by atoms with van der Waals surface area (Å²) < 4.78 is 5.57. The van der Waals surface area contributed by atoms with Crippen molar-refractivity contribution in [3.05, 3.63) is 35.9 Å². The molecule has 2 rings (SSSR count). The second-order valence-corrected chi connectivity index (χ2v) is 7.11. The van der Waals surface area contributed by atoms with Crippen molar-refractivity contribution in [2.24, 2.45) is 0 Å². The normalized spacial score (nSPS) is 18.1. The predicted octanol–water partition coefficient (Wildman–Crippen LogP) is 2.33. The molecule has 0 saturated heterocycles. The van der Waals surface area contributed by atoms with Gasteiger partial charge in [0, 0.05) is 12.6 Å². The van der Waals surface area contributed by atoms with Crippen molar-refractivity contribution in [3.8, 4) is 0 Å². The standard InChI is InChI=1S/C20H32N2O3/c1-16(20(24)21-18-11-7-4-8-12-18)22(2)13-19(23)15-25-14-17-9-5-3-6-10-17/h3,5-6,9-10,16,18-19,23H,4,7-8,11-15H2,1-2H3,(H,21,24)/t16-,19-/m0/s1. The van der Waals surface area contributed by atoms with Crippen molar-refractivity contribution in [2.45, 2.75) is 63.8 Å². The molecule has 140 valence electrons. The Labute approximate surface area is 151 Å². The van der Waals surface area contributed by atoms with Crippen LogP contribution in [0.2, 0.25) is 0 Å². The Bertz CT molecular complexity index is 503. The van der Waals surface area contributed by atoms with E-state index in [1.54, 1.807) is 0 Å². The summed E-state index contributed by atoms with van der Waals surface area (Å²) in [5, 5.41) is 13.3. The molecule has 1 aliphatic rings. The zero-order chi connectivity index (χ0) is 18.1. The third-order valence-corrected chi connectivity index (χ3v) is 4.91. The molecule has 5 nitrogen and oxygen atoms in total. The van der Waals surface area contributed by atoms with E-state index >= 15 is 0 Å². The number of aliphatic hydroxyl groups is 1. The van der Waals surface area contributed by atoms with Crippen LogP contribution in [0.3, 0.4) is 0 Å². The average Bonchev–Trinajstić information content (AvgIpc) is 2.62. The topological polar surface area (TPSA) is 61.8 Å². The molecule has 1 aromatic rings. The van der Waals surface area contributed by atoms with E-state index in [-0.39, 0.29) is 18.6 Å². The molecular weight excluding hydrogens is 316 g/mol. The second kappa shape index (κ2) is 10.5. The third kappa shape index (κ3) is 7.14. The minimum absolute atomic E-state index is 0.0480. The number of carbonyl (C=O) groups excluding carboxylic acids is 1. The third-order valence-electron chi connectivity index (χ3n) is 4.91. The number of aliphatic hydroxyl groups excluding tert-OH is 1. The van der Waals surface area contributed by atoms with E-state index in [0.717, 1.165) is 18.4 Å². The highest BCUT2D eigenvalue weighted by Crippen LogP contribution is 2.17. The van der Waals surface area contributed by atoms with Crippen LogP contribution in [0.4, 0.5) is 0 Å². The lowest BCUT2D eigenvalue weighted by atomic mass is 9.95. The first-order chi connectivity index (χ1) is 12.1. The van der Waals surface area contributed by atoms with Gasteiger partial charge in [-0.1, -0.05) is 49.6 Å². The van der Waals surface area contributed by atoms with E-state index in [4.69, 9.17) is 4.74 Å². The molecule has 0 aromatic heterocycles. The summed E-state index contributed by atoms with van der Waals surface area (Å²) in [4.78, 5) is 14.3. The molecule has 1 aliphatic carbocycles. The molecule has 1 amide bonds. The number of nitrogens with one attached hydrogen (secondary N) is 1. The molecule has 0 aliphatic heterocycles. The first-order valence-corrected chi connectivity index (χ1v) is 9.36. The van der Waals surface area contributed by atoms with E-state index in [1.807, 2.05) is 49.2 Å². The van der Waals surface area contributed by atoms with Gasteiger partial charge in [-0.2, -0.15) is 0 Å². The minimum atomic E-state index is -0.612. The Morgan fingerprint density at radius 1 is 1.28 bits per heavy atom. The first-order valence-electron chi connectivity index (χ1n) is 9.36. The van der Waals surface area contributed by atoms with Crippen LogP contribution in [-0.2, 0) is 16.1 Å². The smallest absolute Gasteiger partial charge is 0.237 e. The van der Waals surface area contributed by atoms with Crippen molar-refractivity contribution >= 4 is 5.91 Å². The number of hydrogen-bond acceptors (Lipinski definition) is 4. The van der Waals surface area contributed by atoms with Gasteiger partial charge in [0.25, 0.3) is 0 Å². The van der Waals surface area contributed by atoms with Crippen molar-refractivity contribution in [2.75, 3.05) is 20.2 Å². The molecule has 0 unspecified atom stereocenters. The van der Waals surface area contributed by atoms with Gasteiger partial charge in [0.2, 0.25) is 5.91 Å². The van der Waals surface area contributed by atoms with Crippen LogP contribution in [0.15, 0.2) is 30.3 Å². The molecular formula is C20H32N2O3. The number of benzene rings is 1.